The number of halogens is 3. The maximum atomic E-state index is 11.8. The number of amides is 1. The molecule has 0 saturated carbocycles. The number of nitrogens with two attached hydrogens (primary N) is 2. The van der Waals surface area contributed by atoms with Gasteiger partial charge in [-0.15, -0.1) is 0 Å². The number of nitrogen functional groups attached to an aromatic ring is 1. The molecule has 0 aliphatic carbocycles. The minimum absolute atomic E-state index is 0.0271. The van der Waals surface area contributed by atoms with E-state index in [-0.39, 0.29) is 11.9 Å². The van der Waals surface area contributed by atoms with Gasteiger partial charge in [-0.3, -0.25) is 4.79 Å². The highest BCUT2D eigenvalue weighted by Crippen LogP contribution is 2.22. The lowest BCUT2D eigenvalue weighted by molar-refractivity contribution is -0.192. The van der Waals surface area contributed by atoms with Gasteiger partial charge in [-0.1, -0.05) is 12.1 Å². The second-order valence-corrected chi connectivity index (χ2v) is 5.71. The highest BCUT2D eigenvalue weighted by molar-refractivity contribution is 5.91. The van der Waals surface area contributed by atoms with Crippen LogP contribution in [0.1, 0.15) is 12.0 Å². The number of hydrogen-bond acceptors (Lipinski definition) is 5. The number of likely N-dealkylation sites (tertiary alicyclic amines) is 1. The maximum absolute atomic E-state index is 11.8. The molecule has 2 aromatic rings. The summed E-state index contributed by atoms with van der Waals surface area (Å²) in [6.07, 6.45) is -2.66. The average Bonchev–Trinajstić information content (AvgIpc) is 2.87. The van der Waals surface area contributed by atoms with Crippen LogP contribution < -0.4 is 11.5 Å². The Morgan fingerprint density at radius 2 is 2.00 bits per heavy atom. The molecule has 26 heavy (non-hydrogen) atoms. The zero-order valence-corrected chi connectivity index (χ0v) is 13.5. The first-order valence-electron chi connectivity index (χ1n) is 7.57. The molecule has 1 saturated heterocycles. The minimum atomic E-state index is -5.08. The number of alkyl halides is 3. The number of fused-ring (bicyclic) bond motifs is 1. The number of carboxylic acids is 1. The van der Waals surface area contributed by atoms with E-state index in [1.54, 1.807) is 11.1 Å². The Balaban J connectivity index is 0.000000298. The first-order valence-corrected chi connectivity index (χ1v) is 7.57. The van der Waals surface area contributed by atoms with Gasteiger partial charge in [0.2, 0.25) is 5.91 Å². The molecule has 1 aromatic carbocycles. The maximum Gasteiger partial charge on any atom is 0.490 e. The molecule has 5 N–H and O–H groups in total. The molecular formula is C16H17F3N4O3. The van der Waals surface area contributed by atoms with Crippen LogP contribution in [0.5, 0.6) is 0 Å². The van der Waals surface area contributed by atoms with Crippen LogP contribution in [0.25, 0.3) is 10.8 Å². The van der Waals surface area contributed by atoms with Gasteiger partial charge in [0.15, 0.2) is 0 Å². The van der Waals surface area contributed by atoms with Gasteiger partial charge in [-0.05, 0) is 29.5 Å². The molecule has 1 fully saturated rings. The van der Waals surface area contributed by atoms with E-state index in [9.17, 15) is 18.0 Å². The minimum Gasteiger partial charge on any atom is -0.475 e. The molecule has 7 nitrogen and oxygen atoms in total. The Morgan fingerprint density at radius 3 is 2.54 bits per heavy atom. The van der Waals surface area contributed by atoms with Crippen LogP contribution >= 0.6 is 0 Å². The van der Waals surface area contributed by atoms with Crippen LogP contribution in [0.15, 0.2) is 30.5 Å². The standard InChI is InChI=1S/C14H16N4O.C2HF3O2/c15-12-4-6-18(14(12)19)8-9-1-2-10-3-5-17-13(16)11(10)7-9;3-2(4,5)1(6)7/h1-3,5,7,12H,4,6,8,15H2,(H2,16,17);(H,6,7). The van der Waals surface area contributed by atoms with Crippen LogP contribution in [0.2, 0.25) is 0 Å². The number of rotatable bonds is 2. The molecule has 3 rings (SSSR count). The molecule has 2 heterocycles. The number of aliphatic carboxylic acids is 1. The molecule has 10 heteroatoms. The van der Waals surface area contributed by atoms with Crippen molar-refractivity contribution < 1.29 is 27.9 Å². The zero-order chi connectivity index (χ0) is 19.5. The van der Waals surface area contributed by atoms with Gasteiger partial charge in [0, 0.05) is 24.7 Å². The molecule has 1 aromatic heterocycles. The first kappa shape index (κ1) is 19.4. The average molecular weight is 370 g/mol. The lowest BCUT2D eigenvalue weighted by Crippen LogP contribution is -2.33. The number of carbonyl (C=O) groups is 2. The van der Waals surface area contributed by atoms with E-state index in [0.29, 0.717) is 12.4 Å². The lowest BCUT2D eigenvalue weighted by atomic mass is 10.1. The number of hydrogen-bond donors (Lipinski definition) is 3. The molecule has 1 amide bonds. The summed E-state index contributed by atoms with van der Waals surface area (Å²) in [4.78, 5) is 26.6. The number of pyridine rings is 1. The van der Waals surface area contributed by atoms with Crippen molar-refractivity contribution in [3.63, 3.8) is 0 Å². The highest BCUT2D eigenvalue weighted by Gasteiger charge is 2.38. The van der Waals surface area contributed by atoms with E-state index < -0.39 is 12.1 Å². The number of anilines is 1. The van der Waals surface area contributed by atoms with Crippen molar-refractivity contribution in [2.75, 3.05) is 12.3 Å². The van der Waals surface area contributed by atoms with Crippen LogP contribution in [0, 0.1) is 0 Å². The van der Waals surface area contributed by atoms with Crippen LogP contribution in [0.3, 0.4) is 0 Å². The summed E-state index contributed by atoms with van der Waals surface area (Å²) in [5.74, 6) is -2.21. The fourth-order valence-corrected chi connectivity index (χ4v) is 2.48. The van der Waals surface area contributed by atoms with Crippen molar-refractivity contribution in [1.29, 1.82) is 0 Å². The molecule has 0 bridgehead atoms. The molecule has 0 spiro atoms. The van der Waals surface area contributed by atoms with Crippen molar-refractivity contribution in [2.45, 2.75) is 25.2 Å². The normalized spacial score (nSPS) is 17.2. The van der Waals surface area contributed by atoms with Crippen molar-refractivity contribution in [1.82, 2.24) is 9.88 Å². The topological polar surface area (TPSA) is 123 Å². The largest absolute Gasteiger partial charge is 0.490 e. The van der Waals surface area contributed by atoms with Gasteiger partial charge >= 0.3 is 12.1 Å². The number of benzene rings is 1. The fourth-order valence-electron chi connectivity index (χ4n) is 2.48. The van der Waals surface area contributed by atoms with Crippen molar-refractivity contribution >= 4 is 28.5 Å². The van der Waals surface area contributed by atoms with Gasteiger partial charge < -0.3 is 21.5 Å². The smallest absolute Gasteiger partial charge is 0.475 e. The number of carbonyl (C=O) groups excluding carboxylic acids is 1. The van der Waals surface area contributed by atoms with Gasteiger partial charge in [0.1, 0.15) is 5.82 Å². The molecule has 140 valence electrons. The summed E-state index contributed by atoms with van der Waals surface area (Å²) in [5, 5.41) is 9.11. The molecule has 1 unspecified atom stereocenters. The fraction of sp³-hybridized carbons (Fsp3) is 0.312. The van der Waals surface area contributed by atoms with Crippen molar-refractivity contribution in [3.05, 3.63) is 36.0 Å². The Hall–Kier alpha value is -2.88. The number of carboxylic acid groups (broad SMARTS) is 1. The van der Waals surface area contributed by atoms with E-state index in [1.165, 1.54) is 0 Å². The molecule has 1 aliphatic rings. The highest BCUT2D eigenvalue weighted by atomic mass is 19.4. The van der Waals surface area contributed by atoms with E-state index in [4.69, 9.17) is 21.4 Å². The predicted molar refractivity (Wildman–Crippen MR) is 87.9 cm³/mol. The monoisotopic (exact) mass is 370 g/mol. The summed E-state index contributed by atoms with van der Waals surface area (Å²) in [5.41, 5.74) is 12.6. The van der Waals surface area contributed by atoms with Crippen molar-refractivity contribution in [2.24, 2.45) is 5.73 Å². The third kappa shape index (κ3) is 4.60. The summed E-state index contributed by atoms with van der Waals surface area (Å²) >= 11 is 0. The quantitative estimate of drug-likeness (QED) is 0.736. The first-order chi connectivity index (χ1) is 12.1. The summed E-state index contributed by atoms with van der Waals surface area (Å²) in [6, 6.07) is 7.59. The van der Waals surface area contributed by atoms with Gasteiger partial charge in [0.25, 0.3) is 0 Å². The van der Waals surface area contributed by atoms with Crippen LogP contribution in [-0.4, -0.2) is 45.6 Å². The second kappa shape index (κ2) is 7.56. The molecule has 0 radical (unpaired) electrons. The van der Waals surface area contributed by atoms with E-state index in [2.05, 4.69) is 4.98 Å². The Kier molecular flexibility index (Phi) is 5.66. The van der Waals surface area contributed by atoms with Crippen LogP contribution in [0.4, 0.5) is 19.0 Å². The van der Waals surface area contributed by atoms with E-state index >= 15 is 0 Å². The summed E-state index contributed by atoms with van der Waals surface area (Å²) in [6.45, 7) is 1.30. The number of nitrogens with zero attached hydrogens (tertiary/aromatic N) is 2. The Morgan fingerprint density at radius 1 is 1.35 bits per heavy atom. The lowest BCUT2D eigenvalue weighted by Gasteiger charge is -2.16. The predicted octanol–water partition coefficient (Wildman–Crippen LogP) is 1.51. The van der Waals surface area contributed by atoms with Gasteiger partial charge in [0.05, 0.1) is 6.04 Å². The molecule has 1 aliphatic heterocycles. The summed E-state index contributed by atoms with van der Waals surface area (Å²) in [7, 11) is 0. The Labute approximate surface area is 146 Å². The van der Waals surface area contributed by atoms with Gasteiger partial charge in [-0.25, -0.2) is 9.78 Å². The molecular weight excluding hydrogens is 353 g/mol. The second-order valence-electron chi connectivity index (χ2n) is 5.71. The Bertz CT molecular complexity index is 826. The van der Waals surface area contributed by atoms with Crippen molar-refractivity contribution in [3.8, 4) is 0 Å². The molecule has 1 atom stereocenters. The van der Waals surface area contributed by atoms with Crippen LogP contribution in [-0.2, 0) is 16.1 Å². The van der Waals surface area contributed by atoms with Gasteiger partial charge in [-0.2, -0.15) is 13.2 Å². The number of aromatic nitrogens is 1. The summed E-state index contributed by atoms with van der Waals surface area (Å²) < 4.78 is 31.7. The van der Waals surface area contributed by atoms with E-state index in [1.807, 2.05) is 24.3 Å². The third-order valence-corrected chi connectivity index (χ3v) is 3.82. The SMILES string of the molecule is Nc1nccc2ccc(CN3CCC(N)C3=O)cc12.O=C(O)C(F)(F)F. The third-order valence-electron chi connectivity index (χ3n) is 3.82. The van der Waals surface area contributed by atoms with E-state index in [0.717, 1.165) is 29.3 Å². The zero-order valence-electron chi connectivity index (χ0n) is 13.5.